The topological polar surface area (TPSA) is 79.2 Å². The zero-order chi connectivity index (χ0) is 21.1. The molecule has 29 heavy (non-hydrogen) atoms. The predicted octanol–water partition coefficient (Wildman–Crippen LogP) is 4.86. The molecule has 1 amide bonds. The number of carbonyl (C=O) groups excluding carboxylic acids is 2. The fourth-order valence-corrected chi connectivity index (χ4v) is 3.05. The summed E-state index contributed by atoms with van der Waals surface area (Å²) in [6, 6.07) is 15.7. The molecule has 7 heteroatoms. The van der Waals surface area contributed by atoms with E-state index in [0.29, 0.717) is 22.9 Å². The zero-order valence-electron chi connectivity index (χ0n) is 16.0. The Morgan fingerprint density at radius 1 is 1.17 bits per heavy atom. The average Bonchev–Trinajstić information content (AvgIpc) is 2.73. The first-order chi connectivity index (χ1) is 14.0. The highest BCUT2D eigenvalue weighted by Crippen LogP contribution is 2.21. The number of ether oxygens (including phenoxy) is 1. The second kappa shape index (κ2) is 11.9. The van der Waals surface area contributed by atoms with Gasteiger partial charge in [-0.2, -0.15) is 5.26 Å². The van der Waals surface area contributed by atoms with E-state index in [4.69, 9.17) is 16.3 Å². The fraction of sp³-hybridized carbons (Fsp3) is 0.227. The number of rotatable bonds is 9. The van der Waals surface area contributed by atoms with Gasteiger partial charge in [0.25, 0.3) is 5.91 Å². The van der Waals surface area contributed by atoms with Crippen LogP contribution in [-0.2, 0) is 9.59 Å². The van der Waals surface area contributed by atoms with Crippen molar-refractivity contribution in [2.24, 2.45) is 0 Å². The first kappa shape index (κ1) is 22.5. The van der Waals surface area contributed by atoms with Crippen LogP contribution in [0.3, 0.4) is 0 Å². The summed E-state index contributed by atoms with van der Waals surface area (Å²) in [5.41, 5.74) is 0.702. The van der Waals surface area contributed by atoms with E-state index in [1.807, 2.05) is 25.1 Å². The quantitative estimate of drug-likeness (QED) is 0.154. The molecule has 0 radical (unpaired) electrons. The lowest BCUT2D eigenvalue weighted by atomic mass is 10.1. The minimum absolute atomic E-state index is 0.0326. The van der Waals surface area contributed by atoms with Crippen molar-refractivity contribution in [2.45, 2.75) is 24.7 Å². The van der Waals surface area contributed by atoms with Gasteiger partial charge in [0.1, 0.15) is 17.4 Å². The molecule has 0 heterocycles. The SMILES string of the molecule is CCCCNC(=O)/C(C#N)=C/c1ccc(OC(=O)CSc2ccc(Cl)cc2)cc1. The second-order valence-electron chi connectivity index (χ2n) is 6.06. The molecule has 2 aromatic carbocycles. The van der Waals surface area contributed by atoms with E-state index >= 15 is 0 Å². The van der Waals surface area contributed by atoms with Gasteiger partial charge < -0.3 is 10.1 Å². The summed E-state index contributed by atoms with van der Waals surface area (Å²) in [6.07, 6.45) is 3.33. The van der Waals surface area contributed by atoms with Crippen LogP contribution in [0.5, 0.6) is 5.75 Å². The highest BCUT2D eigenvalue weighted by molar-refractivity contribution is 8.00. The Bertz CT molecular complexity index is 903. The van der Waals surface area contributed by atoms with Crippen LogP contribution >= 0.6 is 23.4 Å². The summed E-state index contributed by atoms with van der Waals surface area (Å²) in [6.45, 7) is 2.56. The van der Waals surface area contributed by atoms with Gasteiger partial charge in [-0.1, -0.05) is 37.1 Å². The lowest BCUT2D eigenvalue weighted by Gasteiger charge is -2.06. The first-order valence-electron chi connectivity index (χ1n) is 9.11. The van der Waals surface area contributed by atoms with Crippen LogP contribution in [-0.4, -0.2) is 24.2 Å². The minimum Gasteiger partial charge on any atom is -0.426 e. The number of halogens is 1. The number of carbonyl (C=O) groups is 2. The maximum absolute atomic E-state index is 12.0. The van der Waals surface area contributed by atoms with Crippen molar-refractivity contribution in [3.8, 4) is 11.8 Å². The molecule has 0 aliphatic carbocycles. The van der Waals surface area contributed by atoms with E-state index in [9.17, 15) is 14.9 Å². The Labute approximate surface area is 179 Å². The predicted molar refractivity (Wildman–Crippen MR) is 116 cm³/mol. The van der Waals surface area contributed by atoms with Crippen molar-refractivity contribution in [3.05, 3.63) is 64.7 Å². The molecule has 2 rings (SSSR count). The largest absolute Gasteiger partial charge is 0.426 e. The Morgan fingerprint density at radius 3 is 2.48 bits per heavy atom. The Hall–Kier alpha value is -2.75. The summed E-state index contributed by atoms with van der Waals surface area (Å²) in [5.74, 6) is -0.202. The monoisotopic (exact) mass is 428 g/mol. The van der Waals surface area contributed by atoms with Gasteiger partial charge in [0.05, 0.1) is 5.75 Å². The molecule has 0 aliphatic heterocycles. The van der Waals surface area contributed by atoms with Gasteiger partial charge in [0.15, 0.2) is 0 Å². The number of amides is 1. The number of nitriles is 1. The van der Waals surface area contributed by atoms with Crippen LogP contribution in [0.15, 0.2) is 59.0 Å². The smallest absolute Gasteiger partial charge is 0.321 e. The summed E-state index contributed by atoms with van der Waals surface area (Å²) < 4.78 is 5.31. The lowest BCUT2D eigenvalue weighted by Crippen LogP contribution is -2.25. The maximum Gasteiger partial charge on any atom is 0.321 e. The van der Waals surface area contributed by atoms with Crippen LogP contribution < -0.4 is 10.1 Å². The Balaban J connectivity index is 1.89. The highest BCUT2D eigenvalue weighted by atomic mass is 35.5. The molecule has 0 saturated carbocycles. The van der Waals surface area contributed by atoms with Gasteiger partial charge in [-0.25, -0.2) is 0 Å². The molecule has 0 atom stereocenters. The molecule has 1 N–H and O–H groups in total. The summed E-state index contributed by atoms with van der Waals surface area (Å²) in [4.78, 5) is 24.9. The van der Waals surface area contributed by atoms with Gasteiger partial charge in [-0.3, -0.25) is 9.59 Å². The normalized spacial score (nSPS) is 10.9. The van der Waals surface area contributed by atoms with Gasteiger partial charge in [-0.05, 0) is 54.5 Å². The standard InChI is InChI=1S/C22H21ClN2O3S/c1-2-3-12-25-22(27)17(14-24)13-16-4-8-19(9-5-16)28-21(26)15-29-20-10-6-18(23)7-11-20/h4-11,13H,2-3,12,15H2,1H3,(H,25,27)/b17-13+. The van der Waals surface area contributed by atoms with Crippen LogP contribution in [0.4, 0.5) is 0 Å². The number of esters is 1. The van der Waals surface area contributed by atoms with E-state index in [0.717, 1.165) is 17.7 Å². The van der Waals surface area contributed by atoms with E-state index in [2.05, 4.69) is 5.32 Å². The number of hydrogen-bond acceptors (Lipinski definition) is 5. The van der Waals surface area contributed by atoms with Gasteiger partial charge in [-0.15, -0.1) is 11.8 Å². The van der Waals surface area contributed by atoms with Gasteiger partial charge >= 0.3 is 5.97 Å². The van der Waals surface area contributed by atoms with E-state index in [1.54, 1.807) is 36.4 Å². The number of hydrogen-bond donors (Lipinski definition) is 1. The van der Waals surface area contributed by atoms with E-state index in [1.165, 1.54) is 17.8 Å². The third kappa shape index (κ3) is 8.02. The maximum atomic E-state index is 12.0. The number of unbranched alkanes of at least 4 members (excludes halogenated alkanes) is 1. The van der Waals surface area contributed by atoms with E-state index in [-0.39, 0.29) is 17.3 Å². The van der Waals surface area contributed by atoms with Gasteiger partial charge in [0.2, 0.25) is 0 Å². The van der Waals surface area contributed by atoms with Crippen molar-refractivity contribution in [2.75, 3.05) is 12.3 Å². The van der Waals surface area contributed by atoms with Crippen LogP contribution in [0.2, 0.25) is 5.02 Å². The molecule has 150 valence electrons. The molecule has 0 bridgehead atoms. The fourth-order valence-electron chi connectivity index (χ4n) is 2.26. The van der Waals surface area contributed by atoms with Crippen LogP contribution in [0, 0.1) is 11.3 Å². The molecule has 0 unspecified atom stereocenters. The molecule has 5 nitrogen and oxygen atoms in total. The summed E-state index contributed by atoms with van der Waals surface area (Å²) >= 11 is 7.19. The first-order valence-corrected chi connectivity index (χ1v) is 10.5. The van der Waals surface area contributed by atoms with Crippen LogP contribution in [0.1, 0.15) is 25.3 Å². The third-order valence-electron chi connectivity index (χ3n) is 3.77. The molecule has 0 aromatic heterocycles. The molecular weight excluding hydrogens is 408 g/mol. The Morgan fingerprint density at radius 2 is 1.86 bits per heavy atom. The molecular formula is C22H21ClN2O3S. The number of thioether (sulfide) groups is 1. The van der Waals surface area contributed by atoms with Gasteiger partial charge in [0, 0.05) is 16.5 Å². The van der Waals surface area contributed by atoms with Crippen molar-refractivity contribution < 1.29 is 14.3 Å². The summed E-state index contributed by atoms with van der Waals surface area (Å²) in [5, 5.41) is 12.6. The average molecular weight is 429 g/mol. The van der Waals surface area contributed by atoms with Crippen LogP contribution in [0.25, 0.3) is 6.08 Å². The molecule has 0 fully saturated rings. The minimum atomic E-state index is -0.393. The molecule has 2 aromatic rings. The number of nitrogens with one attached hydrogen (secondary N) is 1. The van der Waals surface area contributed by atoms with Crippen molar-refractivity contribution in [1.29, 1.82) is 5.26 Å². The Kier molecular flexibility index (Phi) is 9.29. The number of nitrogens with zero attached hydrogens (tertiary/aromatic N) is 1. The zero-order valence-corrected chi connectivity index (χ0v) is 17.6. The van der Waals surface area contributed by atoms with Crippen molar-refractivity contribution >= 4 is 41.3 Å². The lowest BCUT2D eigenvalue weighted by molar-refractivity contribution is -0.131. The molecule has 0 spiro atoms. The van der Waals surface area contributed by atoms with Crippen molar-refractivity contribution in [1.82, 2.24) is 5.32 Å². The molecule has 0 saturated heterocycles. The second-order valence-corrected chi connectivity index (χ2v) is 7.55. The highest BCUT2D eigenvalue weighted by Gasteiger charge is 2.09. The molecule has 0 aliphatic rings. The van der Waals surface area contributed by atoms with E-state index < -0.39 is 5.91 Å². The number of benzene rings is 2. The third-order valence-corrected chi connectivity index (χ3v) is 5.01. The summed E-state index contributed by atoms with van der Waals surface area (Å²) in [7, 11) is 0. The van der Waals surface area contributed by atoms with Crippen molar-refractivity contribution in [3.63, 3.8) is 0 Å².